The maximum atomic E-state index is 8.85. The number of rotatable bonds is 4. The molecular weight excluding hydrogens is 154 g/mol. The summed E-state index contributed by atoms with van der Waals surface area (Å²) in [6.07, 6.45) is -3.83. The molecule has 0 heterocycles. The molecule has 0 saturated heterocycles. The van der Waals surface area contributed by atoms with Gasteiger partial charge in [-0.1, -0.05) is 5.16 Å². The van der Waals surface area contributed by atoms with Crippen LogP contribution in [0, 0.1) is 0 Å². The van der Waals surface area contributed by atoms with Gasteiger partial charge in [0, 0.05) is 0 Å². The molecule has 0 aromatic heterocycles. The summed E-state index contributed by atoms with van der Waals surface area (Å²) in [5.41, 5.74) is 0. The highest BCUT2D eigenvalue weighted by atomic mass is 16.4. The Labute approximate surface area is 63.0 Å². The Hall–Kier alpha value is -0.690. The minimum absolute atomic E-state index is 0.642. The van der Waals surface area contributed by atoms with E-state index in [2.05, 4.69) is 5.16 Å². The van der Waals surface area contributed by atoms with E-state index in [4.69, 9.17) is 25.6 Å². The molecule has 0 amide bonds. The van der Waals surface area contributed by atoms with Crippen molar-refractivity contribution in [1.82, 2.24) is 0 Å². The molecule has 6 heteroatoms. The van der Waals surface area contributed by atoms with E-state index in [-0.39, 0.29) is 0 Å². The first-order chi connectivity index (χ1) is 5.13. The Morgan fingerprint density at radius 2 is 1.82 bits per heavy atom. The Balaban J connectivity index is 3.90. The summed E-state index contributed by atoms with van der Waals surface area (Å²) < 4.78 is 0. The van der Waals surface area contributed by atoms with Crippen molar-refractivity contribution in [1.29, 1.82) is 0 Å². The van der Waals surface area contributed by atoms with Crippen molar-refractivity contribution in [3.05, 3.63) is 0 Å². The molecule has 66 valence electrons. The molecule has 0 aromatic rings. The van der Waals surface area contributed by atoms with Crippen molar-refractivity contribution < 1.29 is 25.6 Å². The first kappa shape index (κ1) is 10.3. The van der Waals surface area contributed by atoms with Gasteiger partial charge in [-0.3, -0.25) is 0 Å². The molecule has 0 rings (SSSR count). The van der Waals surface area contributed by atoms with Crippen molar-refractivity contribution in [3.63, 3.8) is 0 Å². The smallest absolute Gasteiger partial charge is 0.121 e. The summed E-state index contributed by atoms with van der Waals surface area (Å²) in [6.45, 7) is -0.669. The monoisotopic (exact) mass is 165 g/mol. The zero-order chi connectivity index (χ0) is 8.85. The van der Waals surface area contributed by atoms with E-state index in [1.807, 2.05) is 0 Å². The topological polar surface area (TPSA) is 114 Å². The Bertz CT molecular complexity index is 128. The molecule has 0 spiro atoms. The van der Waals surface area contributed by atoms with Crippen LogP contribution in [0.5, 0.6) is 0 Å². The van der Waals surface area contributed by atoms with Crippen LogP contribution in [0.25, 0.3) is 0 Å². The van der Waals surface area contributed by atoms with Gasteiger partial charge in [-0.15, -0.1) is 0 Å². The average molecular weight is 165 g/mol. The van der Waals surface area contributed by atoms with E-state index in [0.29, 0.717) is 6.21 Å². The fourth-order valence-electron chi connectivity index (χ4n) is 0.492. The highest BCUT2D eigenvalue weighted by Crippen LogP contribution is 1.97. The summed E-state index contributed by atoms with van der Waals surface area (Å²) in [7, 11) is 0. The molecular formula is C5H11NO5. The minimum atomic E-state index is -1.55. The SMILES string of the molecule is OC[C@@H](O)[C@@H](O)[C@H](O)C=NO. The fraction of sp³-hybridized carbons (Fsp3) is 0.800. The standard InChI is InChI=1S/C5H11NO5/c7-2-4(9)5(10)3(8)1-6-11/h1,3-5,7-11H,2H2/t3-,4-,5+/m1/s1. The van der Waals surface area contributed by atoms with Gasteiger partial charge in [0.1, 0.15) is 18.3 Å². The van der Waals surface area contributed by atoms with Gasteiger partial charge in [0.2, 0.25) is 0 Å². The molecule has 0 bridgehead atoms. The number of aliphatic hydroxyl groups is 4. The lowest BCUT2D eigenvalue weighted by Gasteiger charge is -2.17. The van der Waals surface area contributed by atoms with Gasteiger partial charge in [0.15, 0.2) is 0 Å². The van der Waals surface area contributed by atoms with Crippen molar-refractivity contribution in [2.24, 2.45) is 5.16 Å². The highest BCUT2D eigenvalue weighted by Gasteiger charge is 2.22. The second kappa shape index (κ2) is 5.03. The second-order valence-electron chi connectivity index (χ2n) is 2.00. The number of aliphatic hydroxyl groups excluding tert-OH is 4. The van der Waals surface area contributed by atoms with Crippen LogP contribution >= 0.6 is 0 Å². The van der Waals surface area contributed by atoms with Crippen molar-refractivity contribution >= 4 is 6.21 Å². The van der Waals surface area contributed by atoms with Gasteiger partial charge in [-0.2, -0.15) is 0 Å². The number of nitrogens with zero attached hydrogens (tertiary/aromatic N) is 1. The number of oxime groups is 1. The van der Waals surface area contributed by atoms with Gasteiger partial charge in [-0.25, -0.2) is 0 Å². The number of hydrogen-bond donors (Lipinski definition) is 5. The molecule has 0 aliphatic heterocycles. The first-order valence-electron chi connectivity index (χ1n) is 2.96. The molecule has 3 atom stereocenters. The summed E-state index contributed by atoms with van der Waals surface area (Å²) in [5, 5.41) is 45.0. The quantitative estimate of drug-likeness (QED) is 0.180. The van der Waals surface area contributed by atoms with Crippen molar-refractivity contribution in [3.8, 4) is 0 Å². The molecule has 6 nitrogen and oxygen atoms in total. The zero-order valence-electron chi connectivity index (χ0n) is 5.70. The fourth-order valence-corrected chi connectivity index (χ4v) is 0.492. The van der Waals surface area contributed by atoms with Crippen LogP contribution in [-0.4, -0.2) is 56.8 Å². The van der Waals surface area contributed by atoms with Crippen molar-refractivity contribution in [2.45, 2.75) is 18.3 Å². The Kier molecular flexibility index (Phi) is 4.71. The zero-order valence-corrected chi connectivity index (χ0v) is 5.70. The van der Waals surface area contributed by atoms with Gasteiger partial charge in [0.05, 0.1) is 12.8 Å². The largest absolute Gasteiger partial charge is 0.411 e. The summed E-state index contributed by atoms with van der Waals surface area (Å²) in [5.74, 6) is 0. The lowest BCUT2D eigenvalue weighted by atomic mass is 10.1. The van der Waals surface area contributed by atoms with Gasteiger partial charge in [0.25, 0.3) is 0 Å². The van der Waals surface area contributed by atoms with Gasteiger partial charge < -0.3 is 25.6 Å². The van der Waals surface area contributed by atoms with Crippen molar-refractivity contribution in [2.75, 3.05) is 6.61 Å². The molecule has 5 N–H and O–H groups in total. The van der Waals surface area contributed by atoms with Gasteiger partial charge in [-0.05, 0) is 0 Å². The predicted molar refractivity (Wildman–Crippen MR) is 35.4 cm³/mol. The molecule has 0 saturated carbocycles. The number of hydrogen-bond acceptors (Lipinski definition) is 6. The van der Waals surface area contributed by atoms with E-state index in [9.17, 15) is 0 Å². The molecule has 0 fully saturated rings. The third-order valence-corrected chi connectivity index (χ3v) is 1.15. The normalized spacial score (nSPS) is 20.0. The third-order valence-electron chi connectivity index (χ3n) is 1.15. The molecule has 0 aromatic carbocycles. The Morgan fingerprint density at radius 1 is 1.27 bits per heavy atom. The van der Waals surface area contributed by atoms with Crippen LogP contribution in [0.4, 0.5) is 0 Å². The lowest BCUT2D eigenvalue weighted by Crippen LogP contribution is -2.40. The molecule has 0 unspecified atom stereocenters. The maximum absolute atomic E-state index is 8.85. The minimum Gasteiger partial charge on any atom is -0.411 e. The van der Waals surface area contributed by atoms with E-state index in [1.165, 1.54) is 0 Å². The first-order valence-corrected chi connectivity index (χ1v) is 2.96. The van der Waals surface area contributed by atoms with E-state index < -0.39 is 24.9 Å². The van der Waals surface area contributed by atoms with Crippen LogP contribution < -0.4 is 0 Å². The van der Waals surface area contributed by atoms with Crippen LogP contribution in [0.1, 0.15) is 0 Å². The summed E-state index contributed by atoms with van der Waals surface area (Å²) >= 11 is 0. The van der Waals surface area contributed by atoms with Crippen LogP contribution in [0.3, 0.4) is 0 Å². The van der Waals surface area contributed by atoms with Gasteiger partial charge >= 0.3 is 0 Å². The summed E-state index contributed by atoms with van der Waals surface area (Å²) in [6, 6.07) is 0. The highest BCUT2D eigenvalue weighted by molar-refractivity contribution is 5.62. The predicted octanol–water partition coefficient (Wildman–Crippen LogP) is -2.48. The Morgan fingerprint density at radius 3 is 2.18 bits per heavy atom. The third kappa shape index (κ3) is 3.28. The van der Waals surface area contributed by atoms with E-state index in [1.54, 1.807) is 0 Å². The molecule has 0 aliphatic carbocycles. The average Bonchev–Trinajstić information content (AvgIpc) is 2.02. The lowest BCUT2D eigenvalue weighted by molar-refractivity contribution is -0.0546. The van der Waals surface area contributed by atoms with Crippen LogP contribution in [0.2, 0.25) is 0 Å². The molecule has 0 aliphatic rings. The molecule has 11 heavy (non-hydrogen) atoms. The maximum Gasteiger partial charge on any atom is 0.121 e. The van der Waals surface area contributed by atoms with Crippen LogP contribution in [-0.2, 0) is 0 Å². The second-order valence-corrected chi connectivity index (χ2v) is 2.00. The van der Waals surface area contributed by atoms with Crippen LogP contribution in [0.15, 0.2) is 5.16 Å². The van der Waals surface area contributed by atoms with E-state index >= 15 is 0 Å². The summed E-state index contributed by atoms with van der Waals surface area (Å²) in [4.78, 5) is 0. The molecule has 0 radical (unpaired) electrons. The van der Waals surface area contributed by atoms with E-state index in [0.717, 1.165) is 0 Å².